The molecule has 0 bridgehead atoms. The Hall–Kier alpha value is -1.43. The van der Waals surface area contributed by atoms with E-state index in [1.54, 1.807) is 0 Å². The second kappa shape index (κ2) is 5.06. The van der Waals surface area contributed by atoms with Crippen LogP contribution in [-0.4, -0.2) is 42.3 Å². The lowest BCUT2D eigenvalue weighted by Gasteiger charge is -2.35. The van der Waals surface area contributed by atoms with Crippen LogP contribution >= 0.6 is 15.9 Å². The number of carbonyl (C=O) groups is 1. The summed E-state index contributed by atoms with van der Waals surface area (Å²) in [6.07, 6.45) is -0.852. The Morgan fingerprint density at radius 3 is 2.50 bits per heavy atom. The number of nitrogens with zero attached hydrogens (tertiary/aromatic N) is 2. The molecule has 18 heavy (non-hydrogen) atoms. The molecular formula is C12H16BrN3O2. The third-order valence-electron chi connectivity index (χ3n) is 3.32. The third kappa shape index (κ3) is 2.38. The number of carboxylic acid groups (broad SMARTS) is 1. The molecule has 1 aromatic carbocycles. The smallest absolute Gasteiger partial charge is 0.407 e. The highest BCUT2D eigenvalue weighted by molar-refractivity contribution is 9.10. The molecule has 0 aromatic heterocycles. The molecular weight excluding hydrogens is 298 g/mol. The fourth-order valence-electron chi connectivity index (χ4n) is 2.10. The SMILES string of the molecule is Cc1c(Br)ccc(N2CCN(C(=O)O)CC2)c1N. The summed E-state index contributed by atoms with van der Waals surface area (Å²) in [5.74, 6) is 0. The molecule has 3 N–H and O–H groups in total. The van der Waals surface area contributed by atoms with Crippen molar-refractivity contribution in [3.63, 3.8) is 0 Å². The van der Waals surface area contributed by atoms with Crippen molar-refractivity contribution in [3.05, 3.63) is 22.2 Å². The predicted octanol–water partition coefficient (Wildman–Crippen LogP) is 2.14. The van der Waals surface area contributed by atoms with Crippen LogP contribution < -0.4 is 10.6 Å². The van der Waals surface area contributed by atoms with Crippen molar-refractivity contribution in [3.8, 4) is 0 Å². The van der Waals surface area contributed by atoms with Crippen LogP contribution in [0.25, 0.3) is 0 Å². The van der Waals surface area contributed by atoms with E-state index in [1.165, 1.54) is 4.90 Å². The Bertz CT molecular complexity index is 471. The van der Waals surface area contributed by atoms with Crippen molar-refractivity contribution < 1.29 is 9.90 Å². The Morgan fingerprint density at radius 1 is 1.33 bits per heavy atom. The number of piperazine rings is 1. The molecule has 0 spiro atoms. The zero-order valence-electron chi connectivity index (χ0n) is 10.2. The second-order valence-electron chi connectivity index (χ2n) is 4.36. The second-order valence-corrected chi connectivity index (χ2v) is 5.22. The lowest BCUT2D eigenvalue weighted by molar-refractivity contribution is 0.142. The van der Waals surface area contributed by atoms with Gasteiger partial charge in [-0.15, -0.1) is 0 Å². The molecule has 1 aromatic rings. The highest BCUT2D eigenvalue weighted by Gasteiger charge is 2.22. The van der Waals surface area contributed by atoms with Gasteiger partial charge >= 0.3 is 6.09 Å². The van der Waals surface area contributed by atoms with Gasteiger partial charge in [0.2, 0.25) is 0 Å². The number of hydrogen-bond acceptors (Lipinski definition) is 3. The lowest BCUT2D eigenvalue weighted by atomic mass is 10.1. The molecule has 2 rings (SSSR count). The van der Waals surface area contributed by atoms with Gasteiger partial charge in [-0.2, -0.15) is 0 Å². The number of halogens is 1. The molecule has 0 aliphatic carbocycles. The number of rotatable bonds is 1. The number of amides is 1. The van der Waals surface area contributed by atoms with E-state index < -0.39 is 6.09 Å². The molecule has 0 radical (unpaired) electrons. The van der Waals surface area contributed by atoms with E-state index in [2.05, 4.69) is 20.8 Å². The fourth-order valence-corrected chi connectivity index (χ4v) is 2.45. The molecule has 98 valence electrons. The van der Waals surface area contributed by atoms with Gasteiger partial charge in [0.05, 0.1) is 11.4 Å². The van der Waals surface area contributed by atoms with Crippen LogP contribution in [0.3, 0.4) is 0 Å². The van der Waals surface area contributed by atoms with Crippen molar-refractivity contribution in [2.45, 2.75) is 6.92 Å². The van der Waals surface area contributed by atoms with E-state index in [4.69, 9.17) is 10.8 Å². The third-order valence-corrected chi connectivity index (χ3v) is 4.18. The number of nitrogens with two attached hydrogens (primary N) is 1. The molecule has 0 saturated carbocycles. The van der Waals surface area contributed by atoms with Gasteiger partial charge in [-0.1, -0.05) is 15.9 Å². The fraction of sp³-hybridized carbons (Fsp3) is 0.417. The first-order valence-electron chi connectivity index (χ1n) is 5.78. The van der Waals surface area contributed by atoms with Gasteiger partial charge < -0.3 is 20.6 Å². The quantitative estimate of drug-likeness (QED) is 0.779. The van der Waals surface area contributed by atoms with Crippen LogP contribution in [0.5, 0.6) is 0 Å². The summed E-state index contributed by atoms with van der Waals surface area (Å²) >= 11 is 3.45. The van der Waals surface area contributed by atoms with Gasteiger partial charge in [0.15, 0.2) is 0 Å². The van der Waals surface area contributed by atoms with Gasteiger partial charge in [-0.25, -0.2) is 4.79 Å². The molecule has 1 aliphatic rings. The highest BCUT2D eigenvalue weighted by Crippen LogP contribution is 2.32. The first-order valence-corrected chi connectivity index (χ1v) is 6.57. The van der Waals surface area contributed by atoms with Crippen molar-refractivity contribution >= 4 is 33.4 Å². The van der Waals surface area contributed by atoms with Gasteiger partial charge in [-0.3, -0.25) is 0 Å². The van der Waals surface area contributed by atoms with Gasteiger partial charge in [-0.05, 0) is 24.6 Å². The summed E-state index contributed by atoms with van der Waals surface area (Å²) < 4.78 is 0.993. The summed E-state index contributed by atoms with van der Waals surface area (Å²) in [6, 6.07) is 3.95. The monoisotopic (exact) mass is 313 g/mol. The highest BCUT2D eigenvalue weighted by atomic mass is 79.9. The summed E-state index contributed by atoms with van der Waals surface area (Å²) in [5.41, 5.74) is 8.87. The van der Waals surface area contributed by atoms with E-state index in [0.29, 0.717) is 26.2 Å². The van der Waals surface area contributed by atoms with Gasteiger partial charge in [0, 0.05) is 30.7 Å². The molecule has 1 fully saturated rings. The van der Waals surface area contributed by atoms with Gasteiger partial charge in [0.1, 0.15) is 0 Å². The lowest BCUT2D eigenvalue weighted by Crippen LogP contribution is -2.48. The molecule has 6 heteroatoms. The van der Waals surface area contributed by atoms with Crippen molar-refractivity contribution in [1.29, 1.82) is 0 Å². The zero-order chi connectivity index (χ0) is 13.3. The number of nitrogen functional groups attached to an aromatic ring is 1. The van der Waals surface area contributed by atoms with Crippen molar-refractivity contribution in [2.24, 2.45) is 0 Å². The number of anilines is 2. The maximum absolute atomic E-state index is 10.8. The Kier molecular flexibility index (Phi) is 3.65. The molecule has 1 heterocycles. The average molecular weight is 314 g/mol. The summed E-state index contributed by atoms with van der Waals surface area (Å²) in [6.45, 7) is 4.36. The minimum atomic E-state index is -0.852. The average Bonchev–Trinajstić information content (AvgIpc) is 2.36. The number of benzene rings is 1. The van der Waals surface area contributed by atoms with Crippen LogP contribution in [-0.2, 0) is 0 Å². The normalized spacial score (nSPS) is 15.9. The molecule has 1 aliphatic heterocycles. The van der Waals surface area contributed by atoms with E-state index in [0.717, 1.165) is 21.4 Å². The largest absolute Gasteiger partial charge is 0.465 e. The topological polar surface area (TPSA) is 69.8 Å². The standard InChI is InChI=1S/C12H16BrN3O2/c1-8-9(13)2-3-10(11(8)14)15-4-6-16(7-5-15)12(17)18/h2-3H,4-7,14H2,1H3,(H,17,18). The van der Waals surface area contributed by atoms with E-state index >= 15 is 0 Å². The Labute approximate surface area is 114 Å². The van der Waals surface area contributed by atoms with Crippen LogP contribution in [0, 0.1) is 6.92 Å². The molecule has 0 atom stereocenters. The van der Waals surface area contributed by atoms with Crippen LogP contribution in [0.1, 0.15) is 5.56 Å². The van der Waals surface area contributed by atoms with Crippen LogP contribution in [0.4, 0.5) is 16.2 Å². The summed E-state index contributed by atoms with van der Waals surface area (Å²) in [4.78, 5) is 14.4. The first-order chi connectivity index (χ1) is 8.50. The van der Waals surface area contributed by atoms with E-state index in [1.807, 2.05) is 19.1 Å². The zero-order valence-corrected chi connectivity index (χ0v) is 11.8. The van der Waals surface area contributed by atoms with E-state index in [-0.39, 0.29) is 0 Å². The van der Waals surface area contributed by atoms with Crippen molar-refractivity contribution in [2.75, 3.05) is 36.8 Å². The predicted molar refractivity (Wildman–Crippen MR) is 75.1 cm³/mol. The maximum Gasteiger partial charge on any atom is 0.407 e. The van der Waals surface area contributed by atoms with Crippen molar-refractivity contribution in [1.82, 2.24) is 4.90 Å². The molecule has 1 amide bonds. The van der Waals surface area contributed by atoms with E-state index in [9.17, 15) is 4.79 Å². The van der Waals surface area contributed by atoms with Crippen LogP contribution in [0.15, 0.2) is 16.6 Å². The maximum atomic E-state index is 10.8. The Balaban J connectivity index is 2.15. The molecule has 0 unspecified atom stereocenters. The van der Waals surface area contributed by atoms with Gasteiger partial charge in [0.25, 0.3) is 0 Å². The minimum absolute atomic E-state index is 0.518. The minimum Gasteiger partial charge on any atom is -0.465 e. The molecule has 5 nitrogen and oxygen atoms in total. The summed E-state index contributed by atoms with van der Waals surface area (Å²) in [5, 5.41) is 8.91. The first kappa shape index (κ1) is 13.0. The molecule has 1 saturated heterocycles. The van der Waals surface area contributed by atoms with Crippen LogP contribution in [0.2, 0.25) is 0 Å². The Morgan fingerprint density at radius 2 is 1.94 bits per heavy atom. The number of hydrogen-bond donors (Lipinski definition) is 2. The summed E-state index contributed by atoms with van der Waals surface area (Å²) in [7, 11) is 0.